The van der Waals surface area contributed by atoms with Crippen molar-refractivity contribution in [2.75, 3.05) is 16.2 Å². The molecule has 10 nitrogen and oxygen atoms in total. The third-order valence-corrected chi connectivity index (χ3v) is 8.32. The Kier molecular flexibility index (Phi) is 7.45. The molecule has 14 heteroatoms. The van der Waals surface area contributed by atoms with Crippen LogP contribution in [0.3, 0.4) is 0 Å². The Hall–Kier alpha value is -3.55. The third-order valence-electron chi connectivity index (χ3n) is 6.54. The van der Waals surface area contributed by atoms with Gasteiger partial charge in [0, 0.05) is 23.5 Å². The van der Waals surface area contributed by atoms with E-state index in [-0.39, 0.29) is 40.9 Å². The minimum atomic E-state index is -4.81. The molecular formula is C25H28F3N3O7S. The largest absolute Gasteiger partial charge is 0.486 e. The van der Waals surface area contributed by atoms with Crippen LogP contribution in [0.5, 0.6) is 5.75 Å². The highest BCUT2D eigenvalue weighted by Crippen LogP contribution is 2.42. The van der Waals surface area contributed by atoms with Gasteiger partial charge in [-0.1, -0.05) is 6.92 Å². The first-order valence-electron chi connectivity index (χ1n) is 12.2. The number of ether oxygens (including phenoxy) is 2. The molecular weight excluding hydrogens is 543 g/mol. The van der Waals surface area contributed by atoms with Crippen LogP contribution in [-0.4, -0.2) is 55.0 Å². The summed E-state index contributed by atoms with van der Waals surface area (Å²) in [5.41, 5.74) is -2.14. The predicted molar refractivity (Wildman–Crippen MR) is 133 cm³/mol. The highest BCUT2D eigenvalue weighted by atomic mass is 32.2. The summed E-state index contributed by atoms with van der Waals surface area (Å²) in [5, 5.41) is 11.5. The number of aromatic nitrogens is 1. The van der Waals surface area contributed by atoms with Crippen LogP contribution < -0.4 is 14.4 Å². The number of nitrogens with zero attached hydrogens (tertiary/aromatic N) is 2. The van der Waals surface area contributed by atoms with Gasteiger partial charge in [0.2, 0.25) is 5.60 Å². The van der Waals surface area contributed by atoms with Crippen molar-refractivity contribution in [3.8, 4) is 5.75 Å². The maximum Gasteiger partial charge on any atom is 0.427 e. The van der Waals surface area contributed by atoms with E-state index in [4.69, 9.17) is 4.74 Å². The molecule has 212 valence electrons. The Labute approximate surface area is 223 Å². The summed E-state index contributed by atoms with van der Waals surface area (Å²) in [6.45, 7) is 2.64. The van der Waals surface area contributed by atoms with Crippen LogP contribution >= 0.6 is 0 Å². The van der Waals surface area contributed by atoms with Crippen LogP contribution in [0.1, 0.15) is 51.6 Å². The fourth-order valence-electron chi connectivity index (χ4n) is 3.99. The van der Waals surface area contributed by atoms with Crippen molar-refractivity contribution in [2.45, 2.75) is 68.7 Å². The summed E-state index contributed by atoms with van der Waals surface area (Å²) < 4.78 is 78.5. The normalized spacial score (nSPS) is 18.5. The molecule has 0 unspecified atom stereocenters. The molecule has 1 saturated carbocycles. The Bertz CT molecular complexity index is 1380. The Morgan fingerprint density at radius 3 is 2.54 bits per heavy atom. The number of rotatable bonds is 8. The van der Waals surface area contributed by atoms with E-state index in [1.165, 1.54) is 43.5 Å². The molecule has 1 aromatic heterocycles. The second kappa shape index (κ2) is 10.2. The molecule has 2 aromatic rings. The second-order valence-electron chi connectivity index (χ2n) is 10.1. The summed E-state index contributed by atoms with van der Waals surface area (Å²) in [6, 6.07) is 6.75. The van der Waals surface area contributed by atoms with Crippen molar-refractivity contribution in [3.63, 3.8) is 0 Å². The molecule has 2 heterocycles. The number of carbonyl (C=O) groups is 2. The molecule has 2 aliphatic rings. The van der Waals surface area contributed by atoms with Gasteiger partial charge in [-0.3, -0.25) is 19.4 Å². The van der Waals surface area contributed by atoms with Crippen molar-refractivity contribution < 1.29 is 45.8 Å². The zero-order valence-corrected chi connectivity index (χ0v) is 22.2. The molecule has 4 rings (SSSR count). The molecule has 0 bridgehead atoms. The first kappa shape index (κ1) is 28.5. The van der Waals surface area contributed by atoms with Gasteiger partial charge in [0.05, 0.1) is 23.0 Å². The lowest BCUT2D eigenvalue weighted by Gasteiger charge is -2.36. The van der Waals surface area contributed by atoms with Crippen molar-refractivity contribution in [3.05, 3.63) is 42.2 Å². The molecule has 2 N–H and O–H groups in total. The maximum atomic E-state index is 13.8. The van der Waals surface area contributed by atoms with Crippen molar-refractivity contribution in [1.29, 1.82) is 0 Å². The van der Waals surface area contributed by atoms with Crippen LogP contribution in [0, 0.1) is 5.92 Å². The van der Waals surface area contributed by atoms with Gasteiger partial charge in [-0.15, -0.1) is 0 Å². The first-order chi connectivity index (χ1) is 18.1. The van der Waals surface area contributed by atoms with E-state index in [1.807, 2.05) is 0 Å². The number of anilines is 2. The molecule has 1 fully saturated rings. The zero-order chi connectivity index (χ0) is 28.8. The van der Waals surface area contributed by atoms with Crippen LogP contribution in [-0.2, 0) is 19.6 Å². The van der Waals surface area contributed by atoms with E-state index in [1.54, 1.807) is 0 Å². The Balaban J connectivity index is 1.67. The van der Waals surface area contributed by atoms with Crippen molar-refractivity contribution in [1.82, 2.24) is 4.98 Å². The van der Waals surface area contributed by atoms with Gasteiger partial charge >= 0.3 is 18.2 Å². The van der Waals surface area contributed by atoms with Gasteiger partial charge < -0.3 is 14.6 Å². The number of carboxylic acids is 1. The van der Waals surface area contributed by atoms with E-state index in [0.717, 1.165) is 17.1 Å². The number of carbonyl (C=O) groups excluding carboxylic acids is 1. The maximum absolute atomic E-state index is 13.8. The highest BCUT2D eigenvalue weighted by Gasteiger charge is 2.51. The van der Waals surface area contributed by atoms with Crippen LogP contribution in [0.15, 0.2) is 41.4 Å². The van der Waals surface area contributed by atoms with Crippen LogP contribution in [0.2, 0.25) is 0 Å². The number of hydrogen-bond donors (Lipinski definition) is 2. The summed E-state index contributed by atoms with van der Waals surface area (Å²) in [7, 11) is -4.21. The number of pyridine rings is 1. The van der Waals surface area contributed by atoms with Crippen molar-refractivity contribution >= 4 is 33.5 Å². The fraction of sp³-hybridized carbons (Fsp3) is 0.480. The predicted octanol–water partition coefficient (Wildman–Crippen LogP) is 4.92. The number of amides is 1. The summed E-state index contributed by atoms with van der Waals surface area (Å²) in [4.78, 5) is 27.9. The van der Waals surface area contributed by atoms with E-state index in [9.17, 15) is 36.3 Å². The number of halogens is 3. The minimum absolute atomic E-state index is 0.0172. The lowest BCUT2D eigenvalue weighted by Crippen LogP contribution is -2.45. The zero-order valence-electron chi connectivity index (χ0n) is 21.4. The van der Waals surface area contributed by atoms with E-state index in [0.29, 0.717) is 19.5 Å². The van der Waals surface area contributed by atoms with Gasteiger partial charge in [0.15, 0.2) is 0 Å². The number of hydrogen-bond acceptors (Lipinski definition) is 7. The Morgan fingerprint density at radius 2 is 1.92 bits per heavy atom. The average Bonchev–Trinajstić information content (AvgIpc) is 3.68. The van der Waals surface area contributed by atoms with Gasteiger partial charge in [0.25, 0.3) is 10.0 Å². The van der Waals surface area contributed by atoms with E-state index >= 15 is 0 Å². The topological polar surface area (TPSA) is 135 Å². The second-order valence-corrected chi connectivity index (χ2v) is 12.0. The molecule has 1 aliphatic heterocycles. The van der Waals surface area contributed by atoms with Crippen LogP contribution in [0.25, 0.3) is 0 Å². The van der Waals surface area contributed by atoms with Crippen molar-refractivity contribution in [2.24, 2.45) is 5.92 Å². The summed E-state index contributed by atoms with van der Waals surface area (Å²) in [5.74, 6) is -1.61. The lowest BCUT2D eigenvalue weighted by atomic mass is 10.0. The molecule has 39 heavy (non-hydrogen) atoms. The van der Waals surface area contributed by atoms with Crippen LogP contribution in [0.4, 0.5) is 29.3 Å². The number of sulfonamides is 1. The van der Waals surface area contributed by atoms with E-state index < -0.39 is 45.9 Å². The monoisotopic (exact) mass is 571 g/mol. The molecule has 1 aromatic carbocycles. The SMILES string of the molecule is C[C@H](C[C@H]1CN(S(=O)(=O)c2ccnc(C3CC3)c2)c2cc(NC(=O)OC(C)(C)C(F)(F)F)ccc2O1)C(=O)O. The molecule has 0 saturated heterocycles. The summed E-state index contributed by atoms with van der Waals surface area (Å²) in [6.07, 6.45) is -3.78. The number of benzene rings is 1. The average molecular weight is 572 g/mol. The van der Waals surface area contributed by atoms with Gasteiger partial charge in [0.1, 0.15) is 11.9 Å². The molecule has 2 atom stereocenters. The number of nitrogens with one attached hydrogen (secondary N) is 1. The van der Waals surface area contributed by atoms with Gasteiger partial charge in [-0.05, 0) is 63.4 Å². The van der Waals surface area contributed by atoms with Gasteiger partial charge in [-0.2, -0.15) is 13.2 Å². The highest BCUT2D eigenvalue weighted by molar-refractivity contribution is 7.92. The molecule has 0 spiro atoms. The smallest absolute Gasteiger partial charge is 0.427 e. The molecule has 1 aliphatic carbocycles. The number of carboxylic acid groups (broad SMARTS) is 1. The quantitative estimate of drug-likeness (QED) is 0.456. The molecule has 1 amide bonds. The minimum Gasteiger partial charge on any atom is -0.486 e. The first-order valence-corrected chi connectivity index (χ1v) is 13.6. The molecule has 0 radical (unpaired) electrons. The fourth-order valence-corrected chi connectivity index (χ4v) is 5.51. The number of fused-ring (bicyclic) bond motifs is 1. The summed E-state index contributed by atoms with van der Waals surface area (Å²) >= 11 is 0. The Morgan fingerprint density at radius 1 is 1.23 bits per heavy atom. The van der Waals surface area contributed by atoms with Gasteiger partial charge in [-0.25, -0.2) is 13.2 Å². The number of aliphatic carboxylic acids is 1. The third kappa shape index (κ3) is 6.21. The standard InChI is InChI=1S/C25H28F3N3O7S/c1-14(22(32)33)10-17-13-31(39(35,36)18-8-9-29-19(12-18)15-4-5-15)20-11-16(6-7-21(20)37-17)30-23(34)38-24(2,3)25(26,27)28/h6-9,11-12,14-15,17H,4-5,10,13H2,1-3H3,(H,30,34)(H,32,33)/t14-,17+/m1/s1. The number of alkyl halides is 3. The van der Waals surface area contributed by atoms with E-state index in [2.05, 4.69) is 15.0 Å². The lowest BCUT2D eigenvalue weighted by molar-refractivity contribution is -0.242.